The Balaban J connectivity index is 3.04. The molecule has 1 aliphatic heterocycles. The maximum atomic E-state index is 12.9. The van der Waals surface area contributed by atoms with Crippen molar-refractivity contribution in [3.05, 3.63) is 0 Å². The third-order valence-electron chi connectivity index (χ3n) is 6.44. The zero-order valence-corrected chi connectivity index (χ0v) is 18.2. The van der Waals surface area contributed by atoms with Crippen molar-refractivity contribution in [3.63, 3.8) is 0 Å². The Morgan fingerprint density at radius 2 is 1.52 bits per heavy atom. The number of hydrogen-bond donors (Lipinski definition) is 1. The summed E-state index contributed by atoms with van der Waals surface area (Å²) in [7, 11) is -3.98. The maximum Gasteiger partial charge on any atom is 0.426 e. The summed E-state index contributed by atoms with van der Waals surface area (Å²) in [6.45, 7) is 9.33. The van der Waals surface area contributed by atoms with Gasteiger partial charge in [0.05, 0.1) is 5.60 Å². The lowest BCUT2D eigenvalue weighted by Crippen LogP contribution is -2.57. The van der Waals surface area contributed by atoms with Gasteiger partial charge >= 0.3 is 12.4 Å². The van der Waals surface area contributed by atoms with Gasteiger partial charge in [-0.15, -0.1) is 0 Å². The van der Waals surface area contributed by atoms with Gasteiger partial charge < -0.3 is 5.11 Å². The smallest absolute Gasteiger partial charge is 0.374 e. The molecule has 4 nitrogen and oxygen atoms in total. The Hall–Kier alpha value is -0.550. The first-order valence-corrected chi connectivity index (χ1v) is 10.9. The summed E-state index contributed by atoms with van der Waals surface area (Å²) in [5, 5.41) is 9.40. The van der Waals surface area contributed by atoms with Gasteiger partial charge in [-0.2, -0.15) is 34.8 Å². The molecule has 1 aliphatic rings. The Morgan fingerprint density at radius 1 is 1.07 bits per heavy atom. The van der Waals surface area contributed by atoms with Crippen molar-refractivity contribution in [2.45, 2.75) is 95.5 Å². The number of halogens is 6. The SMILES string of the molecule is CCC(CC(C)CC(O)(C(F)(F)F)C(F)(F)F)CC1(C)C(C)C(C)(C)OS1(=O)=O. The van der Waals surface area contributed by atoms with Crippen LogP contribution in [0.5, 0.6) is 0 Å². The molecule has 0 aromatic rings. The lowest BCUT2D eigenvalue weighted by Gasteiger charge is -2.36. The molecule has 0 bridgehead atoms. The van der Waals surface area contributed by atoms with Crippen molar-refractivity contribution < 1.29 is 44.0 Å². The van der Waals surface area contributed by atoms with E-state index in [9.17, 15) is 39.9 Å². The molecule has 0 aromatic heterocycles. The van der Waals surface area contributed by atoms with Crippen LogP contribution in [0.3, 0.4) is 0 Å². The van der Waals surface area contributed by atoms with Crippen LogP contribution in [0.15, 0.2) is 0 Å². The van der Waals surface area contributed by atoms with Crippen LogP contribution in [-0.2, 0) is 14.3 Å². The van der Waals surface area contributed by atoms with E-state index in [-0.39, 0.29) is 12.8 Å². The minimum absolute atomic E-state index is 0.0389. The highest BCUT2D eigenvalue weighted by Crippen LogP contribution is 2.51. The molecule has 29 heavy (non-hydrogen) atoms. The van der Waals surface area contributed by atoms with Crippen LogP contribution in [0.25, 0.3) is 0 Å². The van der Waals surface area contributed by atoms with Gasteiger partial charge in [0.2, 0.25) is 0 Å². The van der Waals surface area contributed by atoms with Gasteiger partial charge in [0.25, 0.3) is 15.7 Å². The molecule has 0 aliphatic carbocycles. The number of rotatable bonds is 7. The van der Waals surface area contributed by atoms with Gasteiger partial charge in [0.15, 0.2) is 0 Å². The van der Waals surface area contributed by atoms with Crippen molar-refractivity contribution in [2.24, 2.45) is 17.8 Å². The molecular formula is C18H30F6O4S. The molecule has 1 saturated heterocycles. The number of hydrogen-bond acceptors (Lipinski definition) is 4. The molecule has 1 heterocycles. The van der Waals surface area contributed by atoms with Gasteiger partial charge in [0.1, 0.15) is 4.75 Å². The first kappa shape index (κ1) is 26.5. The average Bonchev–Trinajstić information content (AvgIpc) is 2.60. The van der Waals surface area contributed by atoms with Crippen molar-refractivity contribution in [1.82, 2.24) is 0 Å². The predicted octanol–water partition coefficient (Wildman–Crippen LogP) is 5.21. The van der Waals surface area contributed by atoms with Crippen LogP contribution in [0.4, 0.5) is 26.3 Å². The first-order valence-electron chi connectivity index (χ1n) is 9.45. The molecule has 11 heteroatoms. The Bertz CT molecular complexity index is 671. The summed E-state index contributed by atoms with van der Waals surface area (Å²) < 4.78 is 107. The molecule has 4 atom stereocenters. The second-order valence-electron chi connectivity index (χ2n) is 9.05. The molecule has 0 saturated carbocycles. The molecule has 1 fully saturated rings. The van der Waals surface area contributed by atoms with Crippen LogP contribution < -0.4 is 0 Å². The van der Waals surface area contributed by atoms with Crippen molar-refractivity contribution in [3.8, 4) is 0 Å². The fourth-order valence-electron chi connectivity index (χ4n) is 4.20. The first-order chi connectivity index (χ1) is 12.6. The Labute approximate surface area is 168 Å². The van der Waals surface area contributed by atoms with E-state index in [2.05, 4.69) is 0 Å². The Morgan fingerprint density at radius 3 is 1.83 bits per heavy atom. The molecule has 4 unspecified atom stereocenters. The molecule has 1 rings (SSSR count). The number of aliphatic hydroxyl groups is 1. The van der Waals surface area contributed by atoms with E-state index in [1.807, 2.05) is 0 Å². The van der Waals surface area contributed by atoms with Crippen LogP contribution in [0.1, 0.15) is 67.2 Å². The van der Waals surface area contributed by atoms with Crippen LogP contribution in [0, 0.1) is 17.8 Å². The van der Waals surface area contributed by atoms with E-state index in [1.165, 1.54) is 13.8 Å². The maximum absolute atomic E-state index is 12.9. The lowest BCUT2D eigenvalue weighted by atomic mass is 9.74. The van der Waals surface area contributed by atoms with Crippen LogP contribution >= 0.6 is 0 Å². The molecule has 0 radical (unpaired) electrons. The Kier molecular flexibility index (Phi) is 7.17. The van der Waals surface area contributed by atoms with Gasteiger partial charge in [-0.3, -0.25) is 4.18 Å². The minimum atomic E-state index is -5.87. The molecule has 0 aromatic carbocycles. The van der Waals surface area contributed by atoms with Gasteiger partial charge in [-0.1, -0.05) is 27.2 Å². The van der Waals surface area contributed by atoms with E-state index in [4.69, 9.17) is 4.18 Å². The van der Waals surface area contributed by atoms with E-state index < -0.39 is 62.6 Å². The highest BCUT2D eigenvalue weighted by Gasteiger charge is 2.70. The number of alkyl halides is 6. The molecule has 0 amide bonds. The summed E-state index contributed by atoms with van der Waals surface area (Å²) in [4.78, 5) is 0. The van der Waals surface area contributed by atoms with Gasteiger partial charge in [0, 0.05) is 5.92 Å². The van der Waals surface area contributed by atoms with Gasteiger partial charge in [-0.25, -0.2) is 0 Å². The van der Waals surface area contributed by atoms with Crippen molar-refractivity contribution in [1.29, 1.82) is 0 Å². The highest BCUT2D eigenvalue weighted by molar-refractivity contribution is 7.88. The molecule has 0 spiro atoms. The summed E-state index contributed by atoms with van der Waals surface area (Å²) in [6, 6.07) is 0. The standard InChI is InChI=1S/C18H30F6O4S/c1-7-13(10-15(6)12(3)14(4,5)28-29(15,26)27)8-11(2)9-16(25,17(19,20)21)18(22,23)24/h11-13,25H,7-10H2,1-6H3. The fraction of sp³-hybridized carbons (Fsp3) is 1.00. The van der Waals surface area contributed by atoms with E-state index in [0.29, 0.717) is 6.42 Å². The third kappa shape index (κ3) is 4.87. The minimum Gasteiger partial charge on any atom is -0.374 e. The quantitative estimate of drug-likeness (QED) is 0.422. The summed E-state index contributed by atoms with van der Waals surface area (Å²) in [5.41, 5.74) is -5.77. The average molecular weight is 456 g/mol. The van der Waals surface area contributed by atoms with Crippen LogP contribution in [-0.4, -0.2) is 41.8 Å². The second-order valence-corrected chi connectivity index (χ2v) is 11.1. The molecule has 1 N–H and O–H groups in total. The topological polar surface area (TPSA) is 63.6 Å². The summed E-state index contributed by atoms with van der Waals surface area (Å²) >= 11 is 0. The predicted molar refractivity (Wildman–Crippen MR) is 95.5 cm³/mol. The zero-order valence-electron chi connectivity index (χ0n) is 17.4. The van der Waals surface area contributed by atoms with E-state index in [1.54, 1.807) is 27.7 Å². The van der Waals surface area contributed by atoms with Crippen molar-refractivity contribution in [2.75, 3.05) is 0 Å². The normalized spacial score (nSPS) is 29.6. The zero-order chi connectivity index (χ0) is 23.3. The fourth-order valence-corrected chi connectivity index (χ4v) is 6.25. The lowest BCUT2D eigenvalue weighted by molar-refractivity contribution is -0.372. The summed E-state index contributed by atoms with van der Waals surface area (Å²) in [5.74, 6) is -2.05. The largest absolute Gasteiger partial charge is 0.426 e. The van der Waals surface area contributed by atoms with Gasteiger partial charge in [-0.05, 0) is 51.9 Å². The second kappa shape index (κ2) is 7.85. The highest BCUT2D eigenvalue weighted by atomic mass is 32.2. The van der Waals surface area contributed by atoms with Crippen molar-refractivity contribution >= 4 is 10.1 Å². The summed E-state index contributed by atoms with van der Waals surface area (Å²) in [6.07, 6.45) is -13.0. The molecule has 174 valence electrons. The van der Waals surface area contributed by atoms with E-state index in [0.717, 1.165) is 0 Å². The van der Waals surface area contributed by atoms with Crippen LogP contribution in [0.2, 0.25) is 0 Å². The monoisotopic (exact) mass is 456 g/mol. The third-order valence-corrected chi connectivity index (χ3v) is 8.75. The van der Waals surface area contributed by atoms with E-state index >= 15 is 0 Å². The molecular weight excluding hydrogens is 426 g/mol.